The summed E-state index contributed by atoms with van der Waals surface area (Å²) in [5.74, 6) is 1.35. The fourth-order valence-corrected chi connectivity index (χ4v) is 1.99. The minimum atomic E-state index is 0.125. The highest BCUT2D eigenvalue weighted by molar-refractivity contribution is 7.13. The standard InChI is InChI=1S/C11H13N3O2S/c1-7(2)3-8(15)4-10-13-11(14-16-10)9-5-12-6-17-9/h5-7H,3-4H2,1-2H3. The van der Waals surface area contributed by atoms with Crippen molar-refractivity contribution >= 4 is 17.1 Å². The molecule has 0 fully saturated rings. The molecule has 2 heterocycles. The first-order chi connectivity index (χ1) is 8.15. The Hall–Kier alpha value is -1.56. The van der Waals surface area contributed by atoms with Crippen LogP contribution in [0.3, 0.4) is 0 Å². The average molecular weight is 251 g/mol. The van der Waals surface area contributed by atoms with Crippen molar-refractivity contribution < 1.29 is 9.32 Å². The predicted octanol–water partition coefficient (Wildman–Crippen LogP) is 2.35. The number of carbonyl (C=O) groups is 1. The number of aromatic nitrogens is 3. The first kappa shape index (κ1) is 11.9. The molecule has 0 radical (unpaired) electrons. The van der Waals surface area contributed by atoms with Crippen molar-refractivity contribution in [1.29, 1.82) is 0 Å². The van der Waals surface area contributed by atoms with Gasteiger partial charge in [0.25, 0.3) is 0 Å². The number of Topliss-reactive ketones (excluding diaryl/α,β-unsaturated/α-hetero) is 1. The van der Waals surface area contributed by atoms with Crippen LogP contribution in [0.2, 0.25) is 0 Å². The molecule has 90 valence electrons. The summed E-state index contributed by atoms with van der Waals surface area (Å²) in [5, 5.41) is 3.82. The van der Waals surface area contributed by atoms with Crippen LogP contribution >= 0.6 is 11.3 Å². The number of nitrogens with zero attached hydrogens (tertiary/aromatic N) is 3. The summed E-state index contributed by atoms with van der Waals surface area (Å²) in [5.41, 5.74) is 1.70. The Bertz CT molecular complexity index is 491. The van der Waals surface area contributed by atoms with Crippen LogP contribution in [0.25, 0.3) is 10.7 Å². The van der Waals surface area contributed by atoms with E-state index in [0.29, 0.717) is 24.1 Å². The molecule has 6 heteroatoms. The van der Waals surface area contributed by atoms with Gasteiger partial charge < -0.3 is 4.52 Å². The lowest BCUT2D eigenvalue weighted by molar-refractivity contribution is -0.119. The van der Waals surface area contributed by atoms with Gasteiger partial charge in [-0.05, 0) is 5.92 Å². The molecule has 5 nitrogen and oxygen atoms in total. The normalized spacial score (nSPS) is 11.0. The molecule has 0 saturated carbocycles. The summed E-state index contributed by atoms with van der Waals surface area (Å²) in [7, 11) is 0. The van der Waals surface area contributed by atoms with E-state index in [-0.39, 0.29) is 12.2 Å². The Kier molecular flexibility index (Phi) is 3.63. The summed E-state index contributed by atoms with van der Waals surface area (Å²) in [4.78, 5) is 20.5. The van der Waals surface area contributed by atoms with Crippen LogP contribution in [-0.4, -0.2) is 20.9 Å². The van der Waals surface area contributed by atoms with E-state index in [2.05, 4.69) is 15.1 Å². The van der Waals surface area contributed by atoms with Gasteiger partial charge in [-0.15, -0.1) is 11.3 Å². The van der Waals surface area contributed by atoms with Crippen molar-refractivity contribution in [2.45, 2.75) is 26.7 Å². The molecular formula is C11H13N3O2S. The maximum Gasteiger partial charge on any atom is 0.234 e. The zero-order valence-corrected chi connectivity index (χ0v) is 10.5. The molecule has 0 aliphatic rings. The van der Waals surface area contributed by atoms with Crippen molar-refractivity contribution in [1.82, 2.24) is 15.1 Å². The van der Waals surface area contributed by atoms with E-state index < -0.39 is 0 Å². The number of hydrogen-bond acceptors (Lipinski definition) is 6. The predicted molar refractivity (Wildman–Crippen MR) is 63.6 cm³/mol. The fourth-order valence-electron chi connectivity index (χ4n) is 1.45. The van der Waals surface area contributed by atoms with Gasteiger partial charge in [0.1, 0.15) is 5.78 Å². The molecule has 0 unspecified atom stereocenters. The van der Waals surface area contributed by atoms with Crippen molar-refractivity contribution in [3.63, 3.8) is 0 Å². The van der Waals surface area contributed by atoms with Crippen LogP contribution < -0.4 is 0 Å². The van der Waals surface area contributed by atoms with Crippen molar-refractivity contribution in [2.75, 3.05) is 0 Å². The van der Waals surface area contributed by atoms with Gasteiger partial charge in [0.05, 0.1) is 16.8 Å². The Morgan fingerprint density at radius 1 is 1.53 bits per heavy atom. The lowest BCUT2D eigenvalue weighted by atomic mass is 10.1. The highest BCUT2D eigenvalue weighted by atomic mass is 32.1. The molecule has 0 spiro atoms. The minimum Gasteiger partial charge on any atom is -0.338 e. The molecule has 0 amide bonds. The topological polar surface area (TPSA) is 68.9 Å². The molecule has 0 aliphatic carbocycles. The van der Waals surface area contributed by atoms with Gasteiger partial charge in [-0.3, -0.25) is 9.78 Å². The number of ketones is 1. The summed E-state index contributed by atoms with van der Waals surface area (Å²) in [6.07, 6.45) is 2.43. The smallest absolute Gasteiger partial charge is 0.234 e. The minimum absolute atomic E-state index is 0.125. The van der Waals surface area contributed by atoms with Crippen LogP contribution in [0.4, 0.5) is 0 Å². The first-order valence-corrected chi connectivity index (χ1v) is 6.26. The van der Waals surface area contributed by atoms with Crippen molar-refractivity contribution in [3.8, 4) is 10.7 Å². The fraction of sp³-hybridized carbons (Fsp3) is 0.455. The maximum atomic E-state index is 11.6. The lowest BCUT2D eigenvalue weighted by Gasteiger charge is -1.99. The summed E-state index contributed by atoms with van der Waals surface area (Å²) < 4.78 is 5.04. The molecule has 2 rings (SSSR count). The van der Waals surface area contributed by atoms with Crippen molar-refractivity contribution in [3.05, 3.63) is 17.6 Å². The van der Waals surface area contributed by atoms with Gasteiger partial charge in [-0.25, -0.2) is 0 Å². The highest BCUT2D eigenvalue weighted by Gasteiger charge is 2.14. The Morgan fingerprint density at radius 2 is 2.35 bits per heavy atom. The SMILES string of the molecule is CC(C)CC(=O)Cc1nc(-c2cncs2)no1. The molecule has 0 aliphatic heterocycles. The molecule has 0 bridgehead atoms. The van der Waals surface area contributed by atoms with E-state index in [9.17, 15) is 4.79 Å². The summed E-state index contributed by atoms with van der Waals surface area (Å²) in [6.45, 7) is 4.02. The van der Waals surface area contributed by atoms with Crippen LogP contribution in [0.1, 0.15) is 26.2 Å². The maximum absolute atomic E-state index is 11.6. The molecular weight excluding hydrogens is 238 g/mol. The molecule has 0 saturated heterocycles. The van der Waals surface area contributed by atoms with Gasteiger partial charge in [-0.2, -0.15) is 4.98 Å². The largest absolute Gasteiger partial charge is 0.338 e. The summed E-state index contributed by atoms with van der Waals surface area (Å²) in [6, 6.07) is 0. The van der Waals surface area contributed by atoms with Gasteiger partial charge in [-0.1, -0.05) is 19.0 Å². The lowest BCUT2D eigenvalue weighted by Crippen LogP contribution is -2.06. The Balaban J connectivity index is 2.02. The third kappa shape index (κ3) is 3.20. The molecule has 0 N–H and O–H groups in total. The number of thiazole rings is 1. The van der Waals surface area contributed by atoms with E-state index in [4.69, 9.17) is 4.52 Å². The second kappa shape index (κ2) is 5.18. The van der Waals surface area contributed by atoms with Crippen LogP contribution in [0.5, 0.6) is 0 Å². The third-order valence-corrected chi connectivity index (χ3v) is 2.87. The monoisotopic (exact) mass is 251 g/mol. The van der Waals surface area contributed by atoms with Gasteiger partial charge in [0.15, 0.2) is 0 Å². The van der Waals surface area contributed by atoms with Crippen molar-refractivity contribution in [2.24, 2.45) is 5.92 Å². The van der Waals surface area contributed by atoms with Gasteiger partial charge in [0, 0.05) is 12.6 Å². The summed E-state index contributed by atoms with van der Waals surface area (Å²) >= 11 is 1.44. The third-order valence-electron chi connectivity index (χ3n) is 2.11. The van der Waals surface area contributed by atoms with E-state index in [1.54, 1.807) is 11.7 Å². The Labute approximate surface area is 103 Å². The second-order valence-corrected chi connectivity index (χ2v) is 5.08. The van der Waals surface area contributed by atoms with Gasteiger partial charge in [0.2, 0.25) is 11.7 Å². The molecule has 0 aromatic carbocycles. The van der Waals surface area contributed by atoms with Crippen LogP contribution in [0, 0.1) is 5.92 Å². The molecule has 2 aromatic rings. The van der Waals surface area contributed by atoms with E-state index >= 15 is 0 Å². The number of carbonyl (C=O) groups excluding carboxylic acids is 1. The number of rotatable bonds is 5. The zero-order chi connectivity index (χ0) is 12.3. The molecule has 0 atom stereocenters. The zero-order valence-electron chi connectivity index (χ0n) is 9.71. The number of hydrogen-bond donors (Lipinski definition) is 0. The average Bonchev–Trinajstić information content (AvgIpc) is 2.84. The first-order valence-electron chi connectivity index (χ1n) is 5.38. The van der Waals surface area contributed by atoms with Gasteiger partial charge >= 0.3 is 0 Å². The molecule has 2 aromatic heterocycles. The molecule has 17 heavy (non-hydrogen) atoms. The van der Waals surface area contributed by atoms with Crippen LogP contribution in [0.15, 0.2) is 16.2 Å². The van der Waals surface area contributed by atoms with E-state index in [1.807, 2.05) is 13.8 Å². The Morgan fingerprint density at radius 3 is 3.00 bits per heavy atom. The second-order valence-electron chi connectivity index (χ2n) is 4.19. The van der Waals surface area contributed by atoms with Crippen LogP contribution in [-0.2, 0) is 11.2 Å². The highest BCUT2D eigenvalue weighted by Crippen LogP contribution is 2.19. The quantitative estimate of drug-likeness (QED) is 0.815. The van der Waals surface area contributed by atoms with E-state index in [0.717, 1.165) is 4.88 Å². The van der Waals surface area contributed by atoms with E-state index in [1.165, 1.54) is 11.3 Å².